The van der Waals surface area contributed by atoms with E-state index in [1.807, 2.05) is 18.2 Å². The number of benzene rings is 2. The van der Waals surface area contributed by atoms with Gasteiger partial charge in [0.1, 0.15) is 5.82 Å². The van der Waals surface area contributed by atoms with Crippen molar-refractivity contribution >= 4 is 0 Å². The highest BCUT2D eigenvalue weighted by molar-refractivity contribution is 5.81. The minimum atomic E-state index is -0.406. The third kappa shape index (κ3) is 1.27. The lowest BCUT2D eigenvalue weighted by Crippen LogP contribution is -2.33. The number of fused-ring (bicyclic) bond motifs is 5. The fraction of sp³-hybridized carbons (Fsp3) is 0.294. The lowest BCUT2D eigenvalue weighted by atomic mass is 9.75. The second-order valence-corrected chi connectivity index (χ2v) is 5.61. The van der Waals surface area contributed by atoms with E-state index < -0.39 is 6.10 Å². The second-order valence-electron chi connectivity index (χ2n) is 5.61. The quantitative estimate of drug-likeness (QED) is 0.761. The third-order valence-electron chi connectivity index (χ3n) is 4.78. The fourth-order valence-corrected chi connectivity index (χ4v) is 3.99. The number of hydrogen-bond donors (Lipinski definition) is 1. The molecular formula is C17H15FO. The fourth-order valence-electron chi connectivity index (χ4n) is 3.99. The van der Waals surface area contributed by atoms with E-state index in [0.717, 1.165) is 36.0 Å². The highest BCUT2D eigenvalue weighted by atomic mass is 19.1. The van der Waals surface area contributed by atoms with Gasteiger partial charge in [-0.15, -0.1) is 0 Å². The molecule has 0 unspecified atom stereocenters. The summed E-state index contributed by atoms with van der Waals surface area (Å²) in [4.78, 5) is 0. The van der Waals surface area contributed by atoms with E-state index in [-0.39, 0.29) is 11.2 Å². The summed E-state index contributed by atoms with van der Waals surface area (Å²) in [6.07, 6.45) is 2.29. The van der Waals surface area contributed by atoms with Gasteiger partial charge in [-0.3, -0.25) is 0 Å². The monoisotopic (exact) mass is 254 g/mol. The predicted molar refractivity (Wildman–Crippen MR) is 72.5 cm³/mol. The highest BCUT2D eigenvalue weighted by Gasteiger charge is 2.50. The van der Waals surface area contributed by atoms with Gasteiger partial charge < -0.3 is 5.11 Å². The van der Waals surface area contributed by atoms with Crippen LogP contribution >= 0.6 is 0 Å². The van der Waals surface area contributed by atoms with Crippen LogP contribution in [0.2, 0.25) is 0 Å². The average molecular weight is 254 g/mol. The lowest BCUT2D eigenvalue weighted by molar-refractivity contribution is 0.129. The second kappa shape index (κ2) is 3.67. The molecule has 96 valence electrons. The number of halogens is 1. The molecule has 0 bridgehead atoms. The first kappa shape index (κ1) is 11.2. The van der Waals surface area contributed by atoms with Crippen molar-refractivity contribution in [1.29, 1.82) is 0 Å². The summed E-state index contributed by atoms with van der Waals surface area (Å²) in [5.74, 6) is -0.218. The zero-order chi connectivity index (χ0) is 13.0. The van der Waals surface area contributed by atoms with Crippen molar-refractivity contribution in [3.63, 3.8) is 0 Å². The Hall–Kier alpha value is -1.67. The van der Waals surface area contributed by atoms with Crippen LogP contribution in [0.5, 0.6) is 0 Å². The molecule has 2 aliphatic rings. The third-order valence-corrected chi connectivity index (χ3v) is 4.78. The molecule has 0 heterocycles. The van der Waals surface area contributed by atoms with Gasteiger partial charge in [-0.2, -0.15) is 0 Å². The molecule has 1 spiro atoms. The van der Waals surface area contributed by atoms with E-state index >= 15 is 0 Å². The molecule has 1 N–H and O–H groups in total. The Morgan fingerprint density at radius 2 is 1.84 bits per heavy atom. The van der Waals surface area contributed by atoms with Crippen molar-refractivity contribution in [1.82, 2.24) is 0 Å². The maximum atomic E-state index is 13.7. The minimum absolute atomic E-state index is 0.218. The van der Waals surface area contributed by atoms with Crippen LogP contribution in [0, 0.1) is 5.82 Å². The maximum Gasteiger partial charge on any atom is 0.123 e. The van der Waals surface area contributed by atoms with E-state index in [2.05, 4.69) is 12.1 Å². The summed E-state index contributed by atoms with van der Waals surface area (Å²) in [6.45, 7) is 0. The number of aliphatic hydroxyl groups is 1. The van der Waals surface area contributed by atoms with Gasteiger partial charge in [0.2, 0.25) is 0 Å². The Bertz CT molecular complexity index is 664. The topological polar surface area (TPSA) is 20.2 Å². The molecule has 1 fully saturated rings. The lowest BCUT2D eigenvalue weighted by Gasteiger charge is -2.30. The normalized spacial score (nSPS) is 27.6. The molecule has 2 aromatic rings. The van der Waals surface area contributed by atoms with E-state index in [1.165, 1.54) is 11.6 Å². The molecule has 0 radical (unpaired) electrons. The summed E-state index contributed by atoms with van der Waals surface area (Å²) in [5.41, 5.74) is 3.99. The van der Waals surface area contributed by atoms with E-state index in [0.29, 0.717) is 0 Å². The SMILES string of the molecule is O[C@H]1CCC[C@]12c1ccccc1-c1ccc(F)cc12. The largest absolute Gasteiger partial charge is 0.392 e. The molecule has 0 saturated heterocycles. The summed E-state index contributed by atoms with van der Waals surface area (Å²) in [5, 5.41) is 10.5. The standard InChI is InChI=1S/C17H15FO/c18-11-7-8-13-12-4-1-2-5-14(12)17(15(13)10-11)9-3-6-16(17)19/h1-2,4-5,7-8,10,16,19H,3,6,9H2/t16-,17+/m0/s1. The van der Waals surface area contributed by atoms with Crippen LogP contribution in [0.15, 0.2) is 42.5 Å². The van der Waals surface area contributed by atoms with Gasteiger partial charge in [0.05, 0.1) is 6.10 Å². The van der Waals surface area contributed by atoms with E-state index in [9.17, 15) is 9.50 Å². The molecule has 0 aromatic heterocycles. The van der Waals surface area contributed by atoms with Crippen molar-refractivity contribution in [2.45, 2.75) is 30.8 Å². The molecular weight excluding hydrogens is 239 g/mol. The summed E-state index contributed by atoms with van der Waals surface area (Å²) in [6, 6.07) is 13.1. The summed E-state index contributed by atoms with van der Waals surface area (Å²) < 4.78 is 13.7. The van der Waals surface area contributed by atoms with Crippen molar-refractivity contribution in [2.75, 3.05) is 0 Å². The molecule has 0 amide bonds. The number of hydrogen-bond acceptors (Lipinski definition) is 1. The molecule has 0 aliphatic heterocycles. The average Bonchev–Trinajstić information content (AvgIpc) is 2.93. The summed E-state index contributed by atoms with van der Waals surface area (Å²) in [7, 11) is 0. The smallest absolute Gasteiger partial charge is 0.123 e. The van der Waals surface area contributed by atoms with Crippen LogP contribution in [0.1, 0.15) is 30.4 Å². The molecule has 1 saturated carbocycles. The molecule has 2 aliphatic carbocycles. The molecule has 1 nitrogen and oxygen atoms in total. The predicted octanol–water partition coefficient (Wildman–Crippen LogP) is 3.64. The Labute approximate surface area is 111 Å². The van der Waals surface area contributed by atoms with E-state index in [1.54, 1.807) is 6.07 Å². The van der Waals surface area contributed by atoms with Crippen molar-refractivity contribution in [3.05, 3.63) is 59.4 Å². The molecule has 2 heteroatoms. The van der Waals surface area contributed by atoms with Crippen molar-refractivity contribution in [2.24, 2.45) is 0 Å². The van der Waals surface area contributed by atoms with Crippen LogP contribution in [0.25, 0.3) is 11.1 Å². The van der Waals surface area contributed by atoms with Crippen LogP contribution in [-0.4, -0.2) is 11.2 Å². The van der Waals surface area contributed by atoms with Crippen LogP contribution in [0.3, 0.4) is 0 Å². The molecule has 4 rings (SSSR count). The minimum Gasteiger partial charge on any atom is -0.392 e. The van der Waals surface area contributed by atoms with E-state index in [4.69, 9.17) is 0 Å². The van der Waals surface area contributed by atoms with Gasteiger partial charge in [-0.1, -0.05) is 30.3 Å². The van der Waals surface area contributed by atoms with Gasteiger partial charge in [0.15, 0.2) is 0 Å². The first-order valence-corrected chi connectivity index (χ1v) is 6.81. The van der Waals surface area contributed by atoms with Gasteiger partial charge in [-0.05, 0) is 53.6 Å². The van der Waals surface area contributed by atoms with Gasteiger partial charge in [0, 0.05) is 5.41 Å². The first-order valence-electron chi connectivity index (χ1n) is 6.81. The van der Waals surface area contributed by atoms with Gasteiger partial charge in [-0.25, -0.2) is 4.39 Å². The Morgan fingerprint density at radius 1 is 1.05 bits per heavy atom. The zero-order valence-electron chi connectivity index (χ0n) is 10.6. The van der Waals surface area contributed by atoms with Gasteiger partial charge in [0.25, 0.3) is 0 Å². The van der Waals surface area contributed by atoms with Crippen molar-refractivity contribution in [3.8, 4) is 11.1 Å². The number of rotatable bonds is 0. The zero-order valence-corrected chi connectivity index (χ0v) is 10.6. The number of aliphatic hydroxyl groups excluding tert-OH is 1. The Kier molecular flexibility index (Phi) is 2.16. The molecule has 19 heavy (non-hydrogen) atoms. The summed E-state index contributed by atoms with van der Waals surface area (Å²) >= 11 is 0. The van der Waals surface area contributed by atoms with Crippen LogP contribution < -0.4 is 0 Å². The Balaban J connectivity index is 2.10. The molecule has 2 atom stereocenters. The van der Waals surface area contributed by atoms with Crippen LogP contribution in [-0.2, 0) is 5.41 Å². The highest BCUT2D eigenvalue weighted by Crippen LogP contribution is 2.56. The molecule has 2 aromatic carbocycles. The van der Waals surface area contributed by atoms with Crippen LogP contribution in [0.4, 0.5) is 4.39 Å². The maximum absolute atomic E-state index is 13.7. The first-order chi connectivity index (χ1) is 9.23. The van der Waals surface area contributed by atoms with Gasteiger partial charge >= 0.3 is 0 Å². The van der Waals surface area contributed by atoms with Crippen molar-refractivity contribution < 1.29 is 9.50 Å². The Morgan fingerprint density at radius 3 is 2.63 bits per heavy atom.